The molecule has 2 heterocycles. The summed E-state index contributed by atoms with van der Waals surface area (Å²) in [7, 11) is 0. The number of nitrogens with one attached hydrogen (secondary N) is 1. The zero-order valence-electron chi connectivity index (χ0n) is 13.4. The highest BCUT2D eigenvalue weighted by Crippen LogP contribution is 2.22. The molecule has 0 fully saturated rings. The van der Waals surface area contributed by atoms with Gasteiger partial charge in [-0.3, -0.25) is 0 Å². The zero-order chi connectivity index (χ0) is 17.8. The lowest BCUT2D eigenvalue weighted by atomic mass is 10.1. The third-order valence-corrected chi connectivity index (χ3v) is 3.46. The monoisotopic (exact) mass is 340 g/mol. The number of rotatable bonds is 6. The Kier molecular flexibility index (Phi) is 4.46. The van der Waals surface area contributed by atoms with Crippen LogP contribution in [-0.2, 0) is 6.42 Å². The molecule has 0 bridgehead atoms. The van der Waals surface area contributed by atoms with Crippen LogP contribution < -0.4 is 11.3 Å². The van der Waals surface area contributed by atoms with Crippen molar-refractivity contribution in [1.29, 1.82) is 0 Å². The third kappa shape index (κ3) is 3.50. The molecule has 2 aromatic heterocycles. The van der Waals surface area contributed by atoms with E-state index in [0.717, 1.165) is 0 Å². The summed E-state index contributed by atoms with van der Waals surface area (Å²) in [5, 5.41) is 20.8. The summed E-state index contributed by atoms with van der Waals surface area (Å²) in [4.78, 5) is 11.0. The lowest BCUT2D eigenvalue weighted by Gasteiger charge is -2.00. The van der Waals surface area contributed by atoms with E-state index >= 15 is 0 Å². The molecule has 0 saturated carbocycles. The van der Waals surface area contributed by atoms with Gasteiger partial charge in [-0.25, -0.2) is 14.9 Å². The minimum Gasteiger partial charge on any atom is -0.478 e. The van der Waals surface area contributed by atoms with Crippen molar-refractivity contribution in [2.75, 3.05) is 11.3 Å². The molecule has 25 heavy (non-hydrogen) atoms. The van der Waals surface area contributed by atoms with Gasteiger partial charge in [0.15, 0.2) is 5.82 Å². The first-order valence-corrected chi connectivity index (χ1v) is 7.50. The fraction of sp³-hybridized carbons (Fsp3) is 0.125. The Hall–Kier alpha value is -3.62. The zero-order valence-corrected chi connectivity index (χ0v) is 13.4. The van der Waals surface area contributed by atoms with Gasteiger partial charge in [0, 0.05) is 12.0 Å². The van der Waals surface area contributed by atoms with Gasteiger partial charge in [-0.2, -0.15) is 5.10 Å². The topological polar surface area (TPSA) is 132 Å². The number of carbonyl (C=O) groups is 1. The number of aromatic nitrogens is 3. The fourth-order valence-corrected chi connectivity index (χ4v) is 2.18. The molecule has 128 valence electrons. The van der Waals surface area contributed by atoms with Crippen molar-refractivity contribution in [2.24, 2.45) is 5.10 Å². The van der Waals surface area contributed by atoms with Crippen LogP contribution >= 0.6 is 0 Å². The molecule has 3 rings (SSSR count). The quantitative estimate of drug-likeness (QED) is 0.355. The van der Waals surface area contributed by atoms with Gasteiger partial charge < -0.3 is 15.4 Å². The van der Waals surface area contributed by atoms with Crippen molar-refractivity contribution < 1.29 is 14.3 Å². The van der Waals surface area contributed by atoms with E-state index < -0.39 is 5.97 Å². The number of anilines is 1. The molecule has 0 saturated heterocycles. The predicted octanol–water partition coefficient (Wildman–Crippen LogP) is 1.96. The van der Waals surface area contributed by atoms with E-state index in [9.17, 15) is 4.79 Å². The molecule has 0 spiro atoms. The smallest absolute Gasteiger partial charge is 0.335 e. The first-order valence-electron chi connectivity index (χ1n) is 7.50. The maximum Gasteiger partial charge on any atom is 0.335 e. The Bertz CT molecular complexity index is 928. The minimum absolute atomic E-state index is 0.194. The molecule has 9 nitrogen and oxygen atoms in total. The lowest BCUT2D eigenvalue weighted by molar-refractivity contribution is 0.0697. The average Bonchev–Trinajstić information content (AvgIpc) is 3.22. The Morgan fingerprint density at radius 2 is 2.24 bits per heavy atom. The molecule has 0 atom stereocenters. The number of aryl methyl sites for hydroxylation is 1. The van der Waals surface area contributed by atoms with Crippen LogP contribution in [0.5, 0.6) is 0 Å². The lowest BCUT2D eigenvalue weighted by Crippen LogP contribution is -2.14. The van der Waals surface area contributed by atoms with Crippen molar-refractivity contribution in [3.63, 3.8) is 0 Å². The van der Waals surface area contributed by atoms with Gasteiger partial charge in [0.1, 0.15) is 11.5 Å². The molecule has 0 aliphatic carbocycles. The predicted molar refractivity (Wildman–Crippen MR) is 91.9 cm³/mol. The van der Waals surface area contributed by atoms with Crippen LogP contribution in [0, 0.1) is 0 Å². The Morgan fingerprint density at radius 3 is 2.96 bits per heavy atom. The second kappa shape index (κ2) is 6.87. The maximum absolute atomic E-state index is 11.0. The number of hydrogen-bond acceptors (Lipinski definition) is 7. The number of benzene rings is 1. The van der Waals surface area contributed by atoms with Crippen molar-refractivity contribution in [3.05, 3.63) is 53.5 Å². The largest absolute Gasteiger partial charge is 0.478 e. The van der Waals surface area contributed by atoms with Crippen LogP contribution in [0.1, 0.15) is 28.9 Å². The number of nitrogens with two attached hydrogens (primary N) is 1. The summed E-state index contributed by atoms with van der Waals surface area (Å²) in [5.41, 5.74) is 3.55. The van der Waals surface area contributed by atoms with Crippen LogP contribution in [0.4, 0.5) is 5.95 Å². The summed E-state index contributed by atoms with van der Waals surface area (Å²) in [5.74, 6) is 6.79. The molecule has 1 aromatic carbocycles. The highest BCUT2D eigenvalue weighted by atomic mass is 16.4. The van der Waals surface area contributed by atoms with Crippen molar-refractivity contribution >= 4 is 18.1 Å². The highest BCUT2D eigenvalue weighted by Gasteiger charge is 2.08. The normalized spacial score (nSPS) is 11.1. The Morgan fingerprint density at radius 1 is 1.40 bits per heavy atom. The fourth-order valence-electron chi connectivity index (χ4n) is 2.18. The number of carboxylic acid groups (broad SMARTS) is 1. The Labute approximate surface area is 142 Å². The minimum atomic E-state index is -0.989. The molecular formula is C16H16N6O3. The number of furan rings is 1. The van der Waals surface area contributed by atoms with Gasteiger partial charge in [0.2, 0.25) is 0 Å². The molecule has 0 amide bonds. The number of nitrogens with zero attached hydrogens (tertiary/aromatic N) is 4. The van der Waals surface area contributed by atoms with Crippen LogP contribution in [0.2, 0.25) is 0 Å². The molecule has 4 N–H and O–H groups in total. The van der Waals surface area contributed by atoms with E-state index in [1.54, 1.807) is 30.3 Å². The van der Waals surface area contributed by atoms with E-state index in [0.29, 0.717) is 35.3 Å². The van der Waals surface area contributed by atoms with Gasteiger partial charge >= 0.3 is 5.97 Å². The highest BCUT2D eigenvalue weighted by molar-refractivity contribution is 5.89. The van der Waals surface area contributed by atoms with Gasteiger partial charge in [0.05, 0.1) is 11.8 Å². The molecule has 0 aliphatic rings. The van der Waals surface area contributed by atoms with Crippen molar-refractivity contribution in [3.8, 4) is 11.3 Å². The van der Waals surface area contributed by atoms with Gasteiger partial charge in [-0.05, 0) is 24.3 Å². The molecule has 9 heteroatoms. The van der Waals surface area contributed by atoms with Crippen LogP contribution in [0.15, 0.2) is 45.9 Å². The summed E-state index contributed by atoms with van der Waals surface area (Å²) in [6.07, 6.45) is 2.12. The molecule has 0 unspecified atom stereocenters. The van der Waals surface area contributed by atoms with Crippen molar-refractivity contribution in [2.45, 2.75) is 13.3 Å². The van der Waals surface area contributed by atoms with Crippen LogP contribution in [0.3, 0.4) is 0 Å². The second-order valence-corrected chi connectivity index (χ2v) is 5.12. The standard InChI is InChI=1S/C16H16N6O3/c1-2-14-19-21-16(22(14)17)20-18-9-12-6-7-13(25-12)10-4-3-5-11(8-10)15(23)24/h3-9H,2,17H2,1H3,(H,20,21)(H,23,24)/b18-9-. The van der Waals surface area contributed by atoms with Crippen molar-refractivity contribution in [1.82, 2.24) is 14.9 Å². The number of carboxylic acids is 1. The van der Waals surface area contributed by atoms with E-state index in [-0.39, 0.29) is 5.56 Å². The molecule has 0 radical (unpaired) electrons. The number of nitrogen functional groups attached to an aromatic ring is 1. The molecular weight excluding hydrogens is 324 g/mol. The first-order chi connectivity index (χ1) is 12.1. The number of aromatic carboxylic acids is 1. The Balaban J connectivity index is 1.72. The van der Waals surface area contributed by atoms with E-state index in [2.05, 4.69) is 20.7 Å². The van der Waals surface area contributed by atoms with E-state index in [4.69, 9.17) is 15.4 Å². The molecule has 3 aromatic rings. The van der Waals surface area contributed by atoms with Crippen LogP contribution in [0.25, 0.3) is 11.3 Å². The van der Waals surface area contributed by atoms with Gasteiger partial charge in [-0.15, -0.1) is 10.2 Å². The van der Waals surface area contributed by atoms with Gasteiger partial charge in [-0.1, -0.05) is 19.1 Å². The number of hydrazone groups is 1. The average molecular weight is 340 g/mol. The summed E-state index contributed by atoms with van der Waals surface area (Å²) in [6, 6.07) is 9.96. The SMILES string of the molecule is CCc1nnc(N/N=C\c2ccc(-c3cccc(C(=O)O)c3)o2)n1N. The first kappa shape index (κ1) is 16.2. The number of hydrogen-bond donors (Lipinski definition) is 3. The summed E-state index contributed by atoms with van der Waals surface area (Å²) < 4.78 is 6.96. The summed E-state index contributed by atoms with van der Waals surface area (Å²) in [6.45, 7) is 1.92. The molecule has 0 aliphatic heterocycles. The second-order valence-electron chi connectivity index (χ2n) is 5.12. The van der Waals surface area contributed by atoms with E-state index in [1.807, 2.05) is 6.92 Å². The maximum atomic E-state index is 11.0. The van der Waals surface area contributed by atoms with E-state index in [1.165, 1.54) is 17.0 Å². The van der Waals surface area contributed by atoms with Gasteiger partial charge in [0.25, 0.3) is 5.95 Å². The van der Waals surface area contributed by atoms with Crippen LogP contribution in [-0.4, -0.2) is 32.2 Å². The third-order valence-electron chi connectivity index (χ3n) is 3.46. The summed E-state index contributed by atoms with van der Waals surface area (Å²) >= 11 is 0.